The van der Waals surface area contributed by atoms with E-state index in [0.29, 0.717) is 17.6 Å². The average molecular weight is 138 g/mol. The Morgan fingerprint density at radius 1 is 1.40 bits per heavy atom. The van der Waals surface area contributed by atoms with Gasteiger partial charge in [-0.1, -0.05) is 13.8 Å². The first-order valence-electron chi connectivity index (χ1n) is 4.16. The minimum atomic E-state index is 0.0307. The van der Waals surface area contributed by atoms with E-state index in [2.05, 4.69) is 13.8 Å². The van der Waals surface area contributed by atoms with Crippen LogP contribution in [-0.4, -0.2) is 5.78 Å². The van der Waals surface area contributed by atoms with E-state index in [4.69, 9.17) is 0 Å². The van der Waals surface area contributed by atoms with Crippen LogP contribution in [0.5, 0.6) is 0 Å². The highest BCUT2D eigenvalue weighted by Gasteiger charge is 2.51. The Morgan fingerprint density at radius 2 is 2.10 bits per heavy atom. The minimum Gasteiger partial charge on any atom is -0.299 e. The summed E-state index contributed by atoms with van der Waals surface area (Å²) in [6.07, 6.45) is 3.65. The molecule has 0 radical (unpaired) electrons. The van der Waals surface area contributed by atoms with E-state index in [0.717, 1.165) is 0 Å². The van der Waals surface area contributed by atoms with Crippen LogP contribution in [-0.2, 0) is 4.79 Å². The topological polar surface area (TPSA) is 17.1 Å². The van der Waals surface area contributed by atoms with Crippen molar-refractivity contribution in [2.24, 2.45) is 17.3 Å². The number of carbonyl (C=O) groups is 1. The van der Waals surface area contributed by atoms with E-state index in [1.807, 2.05) is 0 Å². The molecule has 0 aromatic rings. The second-order valence-electron chi connectivity index (χ2n) is 4.29. The molecular weight excluding hydrogens is 124 g/mol. The van der Waals surface area contributed by atoms with Crippen LogP contribution in [0.1, 0.15) is 33.1 Å². The van der Waals surface area contributed by atoms with Gasteiger partial charge in [-0.2, -0.15) is 0 Å². The predicted molar refractivity (Wildman–Crippen MR) is 39.6 cm³/mol. The van der Waals surface area contributed by atoms with E-state index in [-0.39, 0.29) is 5.41 Å². The molecule has 1 heteroatoms. The maximum absolute atomic E-state index is 11.5. The van der Waals surface area contributed by atoms with Crippen LogP contribution in [0.2, 0.25) is 0 Å². The molecule has 0 amide bonds. The molecule has 0 aliphatic heterocycles. The SMILES string of the molecule is CC1(C)C(=O)C2CCC1C2. The Morgan fingerprint density at radius 3 is 2.40 bits per heavy atom. The number of fused-ring (bicyclic) bond motifs is 2. The molecule has 2 aliphatic rings. The number of Topliss-reactive ketones (excluding diaryl/α,β-unsaturated/α-hetero) is 1. The van der Waals surface area contributed by atoms with Crippen LogP contribution in [0.25, 0.3) is 0 Å². The zero-order valence-corrected chi connectivity index (χ0v) is 6.68. The molecule has 1 nitrogen and oxygen atoms in total. The van der Waals surface area contributed by atoms with Gasteiger partial charge in [0.05, 0.1) is 0 Å². The van der Waals surface area contributed by atoms with Gasteiger partial charge in [-0.05, 0) is 25.2 Å². The molecule has 56 valence electrons. The van der Waals surface area contributed by atoms with Crippen LogP contribution in [0.4, 0.5) is 0 Å². The Balaban J connectivity index is 2.34. The van der Waals surface area contributed by atoms with Crippen molar-refractivity contribution < 1.29 is 4.79 Å². The minimum absolute atomic E-state index is 0.0307. The summed E-state index contributed by atoms with van der Waals surface area (Å²) in [5.41, 5.74) is 0.0307. The lowest BCUT2D eigenvalue weighted by Gasteiger charge is -2.27. The van der Waals surface area contributed by atoms with E-state index in [1.165, 1.54) is 19.3 Å². The van der Waals surface area contributed by atoms with Gasteiger partial charge in [0, 0.05) is 11.3 Å². The van der Waals surface area contributed by atoms with Gasteiger partial charge < -0.3 is 0 Å². The molecule has 2 bridgehead atoms. The predicted octanol–water partition coefficient (Wildman–Crippen LogP) is 2.01. The number of hydrogen-bond donors (Lipinski definition) is 0. The number of carbonyl (C=O) groups excluding carboxylic acids is 1. The lowest BCUT2D eigenvalue weighted by Crippen LogP contribution is -2.30. The Kier molecular flexibility index (Phi) is 1.04. The zero-order chi connectivity index (χ0) is 7.35. The number of rotatable bonds is 0. The van der Waals surface area contributed by atoms with Crippen molar-refractivity contribution in [2.75, 3.05) is 0 Å². The molecule has 2 aliphatic carbocycles. The molecule has 0 N–H and O–H groups in total. The van der Waals surface area contributed by atoms with Crippen molar-refractivity contribution in [2.45, 2.75) is 33.1 Å². The van der Waals surface area contributed by atoms with Crippen LogP contribution in [0.3, 0.4) is 0 Å². The maximum atomic E-state index is 11.5. The van der Waals surface area contributed by atoms with Crippen molar-refractivity contribution in [1.82, 2.24) is 0 Å². The molecule has 2 fully saturated rings. The molecule has 10 heavy (non-hydrogen) atoms. The van der Waals surface area contributed by atoms with Crippen LogP contribution in [0.15, 0.2) is 0 Å². The summed E-state index contributed by atoms with van der Waals surface area (Å²) in [6.45, 7) is 4.22. The van der Waals surface area contributed by atoms with Crippen LogP contribution >= 0.6 is 0 Å². The summed E-state index contributed by atoms with van der Waals surface area (Å²) in [6, 6.07) is 0. The number of hydrogen-bond acceptors (Lipinski definition) is 1. The van der Waals surface area contributed by atoms with E-state index in [9.17, 15) is 4.79 Å². The molecule has 2 unspecified atom stereocenters. The Labute approximate surface area is 61.8 Å². The lowest BCUT2D eigenvalue weighted by atomic mass is 9.76. The summed E-state index contributed by atoms with van der Waals surface area (Å²) in [5.74, 6) is 1.69. The third kappa shape index (κ3) is 0.561. The molecule has 0 spiro atoms. The summed E-state index contributed by atoms with van der Waals surface area (Å²) in [4.78, 5) is 11.5. The highest BCUT2D eigenvalue weighted by Crippen LogP contribution is 2.52. The second kappa shape index (κ2) is 1.63. The van der Waals surface area contributed by atoms with Gasteiger partial charge in [0.25, 0.3) is 0 Å². The largest absolute Gasteiger partial charge is 0.299 e. The van der Waals surface area contributed by atoms with Crippen molar-refractivity contribution >= 4 is 5.78 Å². The molecule has 0 aromatic heterocycles. The highest BCUT2D eigenvalue weighted by molar-refractivity contribution is 5.89. The normalized spacial score (nSPS) is 42.8. The standard InChI is InChI=1S/C9H14O/c1-9(2)7-4-3-6(5-7)8(9)10/h6-7H,3-5H2,1-2H3. The van der Waals surface area contributed by atoms with Gasteiger partial charge in [0.2, 0.25) is 0 Å². The fourth-order valence-electron chi connectivity index (χ4n) is 2.60. The average Bonchev–Trinajstić information content (AvgIpc) is 2.37. The zero-order valence-electron chi connectivity index (χ0n) is 6.68. The van der Waals surface area contributed by atoms with Gasteiger partial charge in [0.15, 0.2) is 0 Å². The third-order valence-corrected chi connectivity index (χ3v) is 3.46. The fourth-order valence-corrected chi connectivity index (χ4v) is 2.60. The Bertz CT molecular complexity index is 181. The van der Waals surface area contributed by atoms with Gasteiger partial charge in [-0.25, -0.2) is 0 Å². The van der Waals surface area contributed by atoms with Crippen molar-refractivity contribution in [3.63, 3.8) is 0 Å². The number of ketones is 1. The van der Waals surface area contributed by atoms with Gasteiger partial charge in [0.1, 0.15) is 5.78 Å². The molecular formula is C9H14O. The first-order valence-corrected chi connectivity index (χ1v) is 4.16. The molecule has 0 aromatic carbocycles. The quantitative estimate of drug-likeness (QED) is 0.500. The third-order valence-electron chi connectivity index (χ3n) is 3.46. The lowest BCUT2D eigenvalue weighted by molar-refractivity contribution is -0.130. The van der Waals surface area contributed by atoms with Crippen LogP contribution < -0.4 is 0 Å². The summed E-state index contributed by atoms with van der Waals surface area (Å²) >= 11 is 0. The fraction of sp³-hybridized carbons (Fsp3) is 0.889. The highest BCUT2D eigenvalue weighted by atomic mass is 16.1. The molecule has 0 saturated heterocycles. The maximum Gasteiger partial charge on any atom is 0.141 e. The van der Waals surface area contributed by atoms with E-state index in [1.54, 1.807) is 0 Å². The van der Waals surface area contributed by atoms with Crippen molar-refractivity contribution in [3.05, 3.63) is 0 Å². The first kappa shape index (κ1) is 6.38. The van der Waals surface area contributed by atoms with Crippen LogP contribution in [0, 0.1) is 17.3 Å². The van der Waals surface area contributed by atoms with Crippen molar-refractivity contribution in [3.8, 4) is 0 Å². The summed E-state index contributed by atoms with van der Waals surface area (Å²) in [5, 5.41) is 0. The monoisotopic (exact) mass is 138 g/mol. The van der Waals surface area contributed by atoms with Gasteiger partial charge in [-0.3, -0.25) is 4.79 Å². The Hall–Kier alpha value is -0.330. The molecule has 2 rings (SSSR count). The molecule has 2 saturated carbocycles. The summed E-state index contributed by atoms with van der Waals surface area (Å²) in [7, 11) is 0. The van der Waals surface area contributed by atoms with Crippen molar-refractivity contribution in [1.29, 1.82) is 0 Å². The summed E-state index contributed by atoms with van der Waals surface area (Å²) < 4.78 is 0. The van der Waals surface area contributed by atoms with Gasteiger partial charge in [-0.15, -0.1) is 0 Å². The van der Waals surface area contributed by atoms with Gasteiger partial charge >= 0.3 is 0 Å². The molecule has 0 heterocycles. The van der Waals surface area contributed by atoms with E-state index >= 15 is 0 Å². The molecule has 2 atom stereocenters. The van der Waals surface area contributed by atoms with E-state index < -0.39 is 0 Å². The smallest absolute Gasteiger partial charge is 0.141 e. The second-order valence-corrected chi connectivity index (χ2v) is 4.29. The first-order chi connectivity index (χ1) is 4.62.